The lowest BCUT2D eigenvalue weighted by Crippen LogP contribution is -2.45. The first-order valence-electron chi connectivity index (χ1n) is 9.40. The first-order valence-corrected chi connectivity index (χ1v) is 10.9. The molecular formula is C20H26N4O3S. The first-order chi connectivity index (χ1) is 13.3. The fourth-order valence-corrected chi connectivity index (χ4v) is 5.02. The lowest BCUT2D eigenvalue weighted by Gasteiger charge is -2.29. The van der Waals surface area contributed by atoms with Crippen LogP contribution in [0.3, 0.4) is 0 Å². The summed E-state index contributed by atoms with van der Waals surface area (Å²) in [6, 6.07) is 10.9. The summed E-state index contributed by atoms with van der Waals surface area (Å²) in [4.78, 5) is 12.2. The van der Waals surface area contributed by atoms with Crippen molar-refractivity contribution in [3.05, 3.63) is 53.7 Å². The summed E-state index contributed by atoms with van der Waals surface area (Å²) in [5.74, 6) is -0.167. The Labute approximate surface area is 165 Å². The predicted molar refractivity (Wildman–Crippen MR) is 108 cm³/mol. The average Bonchev–Trinajstić information content (AvgIpc) is 3.00. The van der Waals surface area contributed by atoms with E-state index < -0.39 is 10.0 Å². The van der Waals surface area contributed by atoms with Crippen LogP contribution in [0, 0.1) is 6.92 Å². The van der Waals surface area contributed by atoms with Crippen LogP contribution < -0.4 is 10.0 Å². The molecule has 1 aliphatic carbocycles. The number of carbonyl (C=O) groups is 1. The Morgan fingerprint density at radius 1 is 1.21 bits per heavy atom. The molecular weight excluding hydrogens is 376 g/mol. The van der Waals surface area contributed by atoms with Gasteiger partial charge in [-0.3, -0.25) is 9.48 Å². The van der Waals surface area contributed by atoms with Gasteiger partial charge in [0.25, 0.3) is 10.0 Å². The van der Waals surface area contributed by atoms with Crippen molar-refractivity contribution in [1.82, 2.24) is 19.8 Å². The van der Waals surface area contributed by atoms with Crippen LogP contribution in [0.1, 0.15) is 36.9 Å². The van der Waals surface area contributed by atoms with Crippen LogP contribution in [0.4, 0.5) is 0 Å². The highest BCUT2D eigenvalue weighted by Gasteiger charge is 2.28. The van der Waals surface area contributed by atoms with Crippen molar-refractivity contribution in [3.63, 3.8) is 0 Å². The van der Waals surface area contributed by atoms with E-state index in [4.69, 9.17) is 0 Å². The molecule has 2 atom stereocenters. The summed E-state index contributed by atoms with van der Waals surface area (Å²) >= 11 is 0. The van der Waals surface area contributed by atoms with Gasteiger partial charge in [-0.2, -0.15) is 5.10 Å². The zero-order valence-electron chi connectivity index (χ0n) is 16.1. The minimum atomic E-state index is -3.64. The number of benzene rings is 1. The zero-order chi connectivity index (χ0) is 20.1. The summed E-state index contributed by atoms with van der Waals surface area (Å²) in [5.41, 5.74) is 1.61. The van der Waals surface area contributed by atoms with E-state index in [2.05, 4.69) is 15.1 Å². The van der Waals surface area contributed by atoms with Gasteiger partial charge in [-0.25, -0.2) is 13.1 Å². The summed E-state index contributed by atoms with van der Waals surface area (Å²) in [6.07, 6.45) is 6.30. The molecule has 1 heterocycles. The minimum absolute atomic E-state index is 0.0531. The second-order valence-electron chi connectivity index (χ2n) is 7.18. The molecule has 150 valence electrons. The largest absolute Gasteiger partial charge is 0.350 e. The van der Waals surface area contributed by atoms with Crippen LogP contribution in [0.5, 0.6) is 0 Å². The maximum atomic E-state index is 12.7. The number of sulfonamides is 1. The maximum absolute atomic E-state index is 12.7. The highest BCUT2D eigenvalue weighted by Crippen LogP contribution is 2.21. The minimum Gasteiger partial charge on any atom is -0.350 e. The fraction of sp³-hybridized carbons (Fsp3) is 0.400. The molecule has 7 nitrogen and oxygen atoms in total. The lowest BCUT2D eigenvalue weighted by molar-refractivity contribution is -0.117. The number of amides is 1. The molecule has 0 saturated heterocycles. The van der Waals surface area contributed by atoms with Crippen LogP contribution in [-0.2, 0) is 21.9 Å². The average molecular weight is 403 g/mol. The monoisotopic (exact) mass is 402 g/mol. The molecule has 0 radical (unpaired) electrons. The van der Waals surface area contributed by atoms with Crippen molar-refractivity contribution < 1.29 is 13.2 Å². The number of nitrogens with one attached hydrogen (secondary N) is 2. The van der Waals surface area contributed by atoms with Crippen LogP contribution in [0.25, 0.3) is 6.08 Å². The second kappa shape index (κ2) is 8.70. The normalized spacial score (nSPS) is 20.4. The summed E-state index contributed by atoms with van der Waals surface area (Å²) < 4.78 is 29.4. The molecule has 28 heavy (non-hydrogen) atoms. The van der Waals surface area contributed by atoms with E-state index in [0.717, 1.165) is 24.8 Å². The van der Waals surface area contributed by atoms with Gasteiger partial charge in [-0.1, -0.05) is 30.3 Å². The van der Waals surface area contributed by atoms with Crippen molar-refractivity contribution >= 4 is 22.0 Å². The van der Waals surface area contributed by atoms with Gasteiger partial charge in [0.2, 0.25) is 5.91 Å². The third-order valence-electron chi connectivity index (χ3n) is 4.80. The fourth-order valence-electron chi connectivity index (χ4n) is 3.53. The van der Waals surface area contributed by atoms with E-state index in [1.54, 1.807) is 26.1 Å². The Morgan fingerprint density at radius 2 is 1.93 bits per heavy atom. The Kier molecular flexibility index (Phi) is 6.31. The van der Waals surface area contributed by atoms with Crippen LogP contribution in [0.2, 0.25) is 0 Å². The molecule has 2 aromatic rings. The topological polar surface area (TPSA) is 93.1 Å². The molecule has 1 aliphatic rings. The number of carbonyl (C=O) groups excluding carboxylic acids is 1. The molecule has 0 spiro atoms. The van der Waals surface area contributed by atoms with Crippen LogP contribution in [0.15, 0.2) is 47.5 Å². The highest BCUT2D eigenvalue weighted by molar-refractivity contribution is 7.89. The van der Waals surface area contributed by atoms with Gasteiger partial charge in [-0.05, 0) is 50.3 Å². The third kappa shape index (κ3) is 5.30. The maximum Gasteiger partial charge on any atom is 0.257 e. The van der Waals surface area contributed by atoms with Crippen molar-refractivity contribution in [3.8, 4) is 0 Å². The van der Waals surface area contributed by atoms with Gasteiger partial charge in [0.15, 0.2) is 5.03 Å². The molecule has 1 saturated carbocycles. The van der Waals surface area contributed by atoms with Crippen molar-refractivity contribution in [1.29, 1.82) is 0 Å². The predicted octanol–water partition coefficient (Wildman–Crippen LogP) is 2.15. The quantitative estimate of drug-likeness (QED) is 0.724. The Morgan fingerprint density at radius 3 is 2.61 bits per heavy atom. The number of hydrogen-bond donors (Lipinski definition) is 2. The molecule has 0 unspecified atom stereocenters. The van der Waals surface area contributed by atoms with Crippen LogP contribution >= 0.6 is 0 Å². The SMILES string of the molecule is Cc1cc(S(=O)(=O)N[C@@H]2CCC[C@@H](NC(=O)C=Cc3ccccc3)C2)n(C)n1. The van der Waals surface area contributed by atoms with Gasteiger partial charge in [0.1, 0.15) is 0 Å². The van der Waals surface area contributed by atoms with Gasteiger partial charge >= 0.3 is 0 Å². The highest BCUT2D eigenvalue weighted by atomic mass is 32.2. The van der Waals surface area contributed by atoms with Gasteiger partial charge in [0.05, 0.1) is 5.69 Å². The molecule has 1 aromatic carbocycles. The Hall–Kier alpha value is -2.45. The van der Waals surface area contributed by atoms with Crippen molar-refractivity contribution in [2.45, 2.75) is 49.7 Å². The first kappa shape index (κ1) is 20.3. The van der Waals surface area contributed by atoms with Gasteiger partial charge in [-0.15, -0.1) is 0 Å². The number of rotatable bonds is 6. The van der Waals surface area contributed by atoms with E-state index in [9.17, 15) is 13.2 Å². The molecule has 1 aromatic heterocycles. The Balaban J connectivity index is 1.57. The lowest BCUT2D eigenvalue weighted by atomic mass is 9.91. The second-order valence-corrected chi connectivity index (χ2v) is 8.84. The molecule has 1 fully saturated rings. The standard InChI is InChI=1S/C20H26N4O3S/c1-15-13-20(24(2)22-15)28(26,27)23-18-10-6-9-17(14-18)21-19(25)12-11-16-7-4-3-5-8-16/h3-5,7-8,11-13,17-18,23H,6,9-10,14H2,1-2H3,(H,21,25)/t17-,18-/m1/s1. The Bertz CT molecular complexity index is 951. The summed E-state index contributed by atoms with van der Waals surface area (Å²) in [6.45, 7) is 1.76. The number of aromatic nitrogens is 2. The summed E-state index contributed by atoms with van der Waals surface area (Å²) in [7, 11) is -2.03. The molecule has 3 rings (SSSR count). The van der Waals surface area contributed by atoms with E-state index in [1.165, 1.54) is 10.8 Å². The van der Waals surface area contributed by atoms with E-state index in [0.29, 0.717) is 12.1 Å². The van der Waals surface area contributed by atoms with Crippen LogP contribution in [-0.4, -0.2) is 36.2 Å². The van der Waals surface area contributed by atoms with Gasteiger partial charge in [0, 0.05) is 25.2 Å². The number of nitrogens with zero attached hydrogens (tertiary/aromatic N) is 2. The molecule has 1 amide bonds. The molecule has 0 bridgehead atoms. The van der Waals surface area contributed by atoms with E-state index >= 15 is 0 Å². The number of aryl methyl sites for hydroxylation is 2. The zero-order valence-corrected chi connectivity index (χ0v) is 16.9. The summed E-state index contributed by atoms with van der Waals surface area (Å²) in [5, 5.41) is 7.24. The number of hydrogen-bond acceptors (Lipinski definition) is 4. The van der Waals surface area contributed by atoms with Crippen molar-refractivity contribution in [2.75, 3.05) is 0 Å². The van der Waals surface area contributed by atoms with E-state index in [-0.39, 0.29) is 23.0 Å². The molecule has 8 heteroatoms. The van der Waals surface area contributed by atoms with Gasteiger partial charge < -0.3 is 5.32 Å². The molecule has 2 N–H and O–H groups in total. The van der Waals surface area contributed by atoms with E-state index in [1.807, 2.05) is 30.3 Å². The smallest absolute Gasteiger partial charge is 0.257 e. The molecule has 0 aliphatic heterocycles. The third-order valence-corrected chi connectivity index (χ3v) is 6.38. The van der Waals surface area contributed by atoms with Crippen molar-refractivity contribution in [2.24, 2.45) is 7.05 Å².